The Kier molecular flexibility index (Phi) is 3.73. The molecule has 0 spiro atoms. The van der Waals surface area contributed by atoms with Crippen molar-refractivity contribution in [2.45, 2.75) is 32.1 Å². The van der Waals surface area contributed by atoms with Gasteiger partial charge in [-0.3, -0.25) is 4.98 Å². The van der Waals surface area contributed by atoms with Gasteiger partial charge >= 0.3 is 0 Å². The summed E-state index contributed by atoms with van der Waals surface area (Å²) in [6, 6.07) is 4.10. The summed E-state index contributed by atoms with van der Waals surface area (Å²) in [6.07, 6.45) is 3.65. The van der Waals surface area contributed by atoms with Gasteiger partial charge in [0.2, 0.25) is 0 Å². The number of hydrogen-bond donors (Lipinski definition) is 1. The van der Waals surface area contributed by atoms with Gasteiger partial charge < -0.3 is 4.55 Å². The summed E-state index contributed by atoms with van der Waals surface area (Å²) >= 11 is 0.695. The van der Waals surface area contributed by atoms with Crippen LogP contribution in [0.25, 0.3) is 10.1 Å². The van der Waals surface area contributed by atoms with Crippen LogP contribution in [-0.4, -0.2) is 14.3 Å². The Labute approximate surface area is 109 Å². The number of nitrogens with zero attached hydrogens (tertiary/aromatic N) is 1. The maximum Gasteiger partial charge on any atom is 0.136 e. The summed E-state index contributed by atoms with van der Waals surface area (Å²) in [4.78, 5) is 5.27. The number of aromatic nitrogens is 1. The predicted octanol–water partition coefficient (Wildman–Crippen LogP) is 2.85. The summed E-state index contributed by atoms with van der Waals surface area (Å²) < 4.78 is 15.9. The molecule has 0 aliphatic rings. The minimum Gasteiger partial charge on any atom is -0.598 e. The molecule has 1 atom stereocenters. The Balaban J connectivity index is 2.04. The highest BCUT2D eigenvalue weighted by Gasteiger charge is 2.26. The molecule has 0 saturated heterocycles. The molecular formula is C12H16N2OS2. The van der Waals surface area contributed by atoms with Crippen LogP contribution in [0.3, 0.4) is 0 Å². The van der Waals surface area contributed by atoms with Gasteiger partial charge in [0.1, 0.15) is 4.75 Å². The highest BCUT2D eigenvalue weighted by atomic mass is 32.2. The third-order valence-corrected chi connectivity index (χ3v) is 4.94. The van der Waals surface area contributed by atoms with Crippen LogP contribution in [-0.2, 0) is 17.9 Å². The highest BCUT2D eigenvalue weighted by Crippen LogP contribution is 2.25. The van der Waals surface area contributed by atoms with Crippen LogP contribution < -0.4 is 4.72 Å². The van der Waals surface area contributed by atoms with Gasteiger partial charge in [-0.05, 0) is 32.9 Å². The highest BCUT2D eigenvalue weighted by molar-refractivity contribution is 7.90. The van der Waals surface area contributed by atoms with E-state index in [1.54, 1.807) is 17.5 Å². The normalized spacial score (nSPS) is 14.1. The average Bonchev–Trinajstić information content (AvgIpc) is 2.66. The third kappa shape index (κ3) is 3.19. The summed E-state index contributed by atoms with van der Waals surface area (Å²) in [6.45, 7) is 6.53. The average molecular weight is 268 g/mol. The van der Waals surface area contributed by atoms with E-state index in [9.17, 15) is 4.55 Å². The standard InChI is InChI=1S/C12H16N2OS2/c1-12(2,3)17(15)14-8-10-6-9-7-13-5-4-11(9)16-10/h4-7,14H,8H2,1-3H3. The van der Waals surface area contributed by atoms with Crippen LogP contribution in [0.4, 0.5) is 0 Å². The number of thiophene rings is 1. The second-order valence-electron chi connectivity index (χ2n) is 4.83. The molecule has 1 N–H and O–H groups in total. The molecule has 17 heavy (non-hydrogen) atoms. The van der Waals surface area contributed by atoms with E-state index in [-0.39, 0.29) is 4.75 Å². The molecule has 0 saturated carbocycles. The maximum absolute atomic E-state index is 11.8. The first-order chi connectivity index (χ1) is 7.97. The minimum atomic E-state index is -1.02. The fraction of sp³-hybridized carbons (Fsp3) is 0.417. The van der Waals surface area contributed by atoms with Gasteiger partial charge in [0.05, 0.1) is 6.54 Å². The molecule has 0 aliphatic carbocycles. The van der Waals surface area contributed by atoms with Gasteiger partial charge in [-0.2, -0.15) is 0 Å². The molecule has 1 unspecified atom stereocenters. The van der Waals surface area contributed by atoms with Gasteiger partial charge in [0.25, 0.3) is 0 Å². The molecule has 2 aromatic heterocycles. The first kappa shape index (κ1) is 12.8. The molecule has 0 fully saturated rings. The first-order valence-corrected chi connectivity index (χ1v) is 7.41. The van der Waals surface area contributed by atoms with E-state index < -0.39 is 11.4 Å². The maximum atomic E-state index is 11.8. The van der Waals surface area contributed by atoms with Crippen molar-refractivity contribution >= 4 is 32.8 Å². The van der Waals surface area contributed by atoms with E-state index in [1.165, 1.54) is 9.58 Å². The van der Waals surface area contributed by atoms with Crippen molar-refractivity contribution in [1.29, 1.82) is 0 Å². The van der Waals surface area contributed by atoms with Gasteiger partial charge in [-0.1, -0.05) is 0 Å². The number of nitrogens with one attached hydrogen (secondary N) is 1. The molecule has 0 bridgehead atoms. The minimum absolute atomic E-state index is 0.224. The fourth-order valence-corrected chi connectivity index (χ4v) is 3.16. The Hall–Kier alpha value is -0.620. The summed E-state index contributed by atoms with van der Waals surface area (Å²) in [5.74, 6) is 0. The number of rotatable bonds is 3. The second-order valence-corrected chi connectivity index (χ2v) is 8.05. The lowest BCUT2D eigenvalue weighted by Crippen LogP contribution is -2.38. The lowest BCUT2D eigenvalue weighted by Gasteiger charge is -2.23. The van der Waals surface area contributed by atoms with Crippen molar-refractivity contribution in [3.63, 3.8) is 0 Å². The third-order valence-electron chi connectivity index (χ3n) is 2.30. The zero-order valence-electron chi connectivity index (χ0n) is 10.2. The Morgan fingerprint density at radius 2 is 2.24 bits per heavy atom. The molecular weight excluding hydrogens is 252 g/mol. The van der Waals surface area contributed by atoms with Crippen LogP contribution in [0, 0.1) is 0 Å². The number of fused-ring (bicyclic) bond motifs is 1. The SMILES string of the molecule is CC(C)(C)[S+]([O-])NCc1cc2cnccc2s1. The second kappa shape index (κ2) is 4.94. The molecule has 5 heteroatoms. The Bertz CT molecular complexity index is 471. The summed E-state index contributed by atoms with van der Waals surface area (Å²) in [5, 5.41) is 1.15. The molecule has 92 valence electrons. The van der Waals surface area contributed by atoms with Crippen LogP contribution in [0.2, 0.25) is 0 Å². The molecule has 3 nitrogen and oxygen atoms in total. The van der Waals surface area contributed by atoms with Crippen LogP contribution in [0.1, 0.15) is 25.6 Å². The topological polar surface area (TPSA) is 48.0 Å². The van der Waals surface area contributed by atoms with Crippen LogP contribution >= 0.6 is 11.3 Å². The Morgan fingerprint density at radius 1 is 1.47 bits per heavy atom. The zero-order valence-corrected chi connectivity index (χ0v) is 11.8. The molecule has 2 heterocycles. The largest absolute Gasteiger partial charge is 0.598 e. The zero-order chi connectivity index (χ0) is 12.5. The Morgan fingerprint density at radius 3 is 2.88 bits per heavy atom. The van der Waals surface area contributed by atoms with Crippen LogP contribution in [0.15, 0.2) is 24.5 Å². The smallest absolute Gasteiger partial charge is 0.136 e. The fourth-order valence-electron chi connectivity index (χ4n) is 1.38. The van der Waals surface area contributed by atoms with E-state index in [0.717, 1.165) is 5.39 Å². The van der Waals surface area contributed by atoms with E-state index >= 15 is 0 Å². The van der Waals surface area contributed by atoms with E-state index in [0.29, 0.717) is 6.54 Å². The van der Waals surface area contributed by atoms with Gasteiger partial charge in [-0.25, -0.2) is 0 Å². The van der Waals surface area contributed by atoms with Crippen molar-refractivity contribution in [2.75, 3.05) is 0 Å². The summed E-state index contributed by atoms with van der Waals surface area (Å²) in [7, 11) is 0. The lowest BCUT2D eigenvalue weighted by atomic mass is 10.3. The van der Waals surface area contributed by atoms with E-state index in [1.807, 2.05) is 33.0 Å². The van der Waals surface area contributed by atoms with Crippen molar-refractivity contribution in [3.05, 3.63) is 29.4 Å². The molecule has 2 aromatic rings. The quantitative estimate of drug-likeness (QED) is 0.871. The monoisotopic (exact) mass is 268 g/mol. The molecule has 0 amide bonds. The van der Waals surface area contributed by atoms with Gasteiger partial charge in [0.15, 0.2) is 0 Å². The first-order valence-electron chi connectivity index (χ1n) is 5.44. The molecule has 0 radical (unpaired) electrons. The van der Waals surface area contributed by atoms with Gasteiger partial charge in [-0.15, -0.1) is 16.1 Å². The van der Waals surface area contributed by atoms with Crippen molar-refractivity contribution < 1.29 is 4.55 Å². The van der Waals surface area contributed by atoms with Crippen LogP contribution in [0.5, 0.6) is 0 Å². The van der Waals surface area contributed by atoms with Crippen molar-refractivity contribution in [1.82, 2.24) is 9.71 Å². The lowest BCUT2D eigenvalue weighted by molar-refractivity contribution is 0.544. The molecule has 0 aliphatic heterocycles. The molecule has 2 rings (SSSR count). The summed E-state index contributed by atoms with van der Waals surface area (Å²) in [5.41, 5.74) is 0. The van der Waals surface area contributed by atoms with Crippen molar-refractivity contribution in [3.8, 4) is 0 Å². The number of pyridine rings is 1. The van der Waals surface area contributed by atoms with E-state index in [4.69, 9.17) is 0 Å². The number of hydrogen-bond acceptors (Lipinski definition) is 4. The predicted molar refractivity (Wildman–Crippen MR) is 74.4 cm³/mol. The van der Waals surface area contributed by atoms with Gasteiger partial charge in [0, 0.05) is 38.7 Å². The van der Waals surface area contributed by atoms with E-state index in [2.05, 4.69) is 15.8 Å². The van der Waals surface area contributed by atoms with Crippen molar-refractivity contribution in [2.24, 2.45) is 0 Å². The molecule has 0 aromatic carbocycles.